The number of hydrogen-bond donors (Lipinski definition) is 0. The summed E-state index contributed by atoms with van der Waals surface area (Å²) in [7, 11) is 1.80. The minimum Gasteiger partial charge on any atom is -0.462 e. The first-order valence-corrected chi connectivity index (χ1v) is 5.68. The van der Waals surface area contributed by atoms with E-state index >= 15 is 0 Å². The van der Waals surface area contributed by atoms with Gasteiger partial charge in [0.05, 0.1) is 12.3 Å². The first kappa shape index (κ1) is 11.6. The fourth-order valence-corrected chi connectivity index (χ4v) is 1.92. The molecule has 0 aliphatic rings. The van der Waals surface area contributed by atoms with Crippen LogP contribution in [0.1, 0.15) is 35.7 Å². The normalized spacial score (nSPS) is 11.1. The Bertz CT molecular complexity index is 568. The number of nitrogens with zero attached hydrogens (tertiary/aromatic N) is 4. The highest BCUT2D eigenvalue weighted by molar-refractivity contribution is 5.97. The quantitative estimate of drug-likeness (QED) is 0.749. The summed E-state index contributed by atoms with van der Waals surface area (Å²) in [5.41, 5.74) is 1.87. The van der Waals surface area contributed by atoms with Crippen LogP contribution in [0.25, 0.3) is 5.65 Å². The van der Waals surface area contributed by atoms with Crippen LogP contribution in [0.4, 0.5) is 0 Å². The molecule has 6 heteroatoms. The Morgan fingerprint density at radius 3 is 2.65 bits per heavy atom. The van der Waals surface area contributed by atoms with Crippen molar-refractivity contribution in [1.82, 2.24) is 19.4 Å². The van der Waals surface area contributed by atoms with Gasteiger partial charge in [0.1, 0.15) is 5.56 Å². The first-order valence-electron chi connectivity index (χ1n) is 5.68. The van der Waals surface area contributed by atoms with Gasteiger partial charge in [-0.3, -0.25) is 0 Å². The fraction of sp³-hybridized carbons (Fsp3) is 0.545. The second kappa shape index (κ2) is 4.20. The van der Waals surface area contributed by atoms with Crippen LogP contribution in [0.3, 0.4) is 0 Å². The monoisotopic (exact) mass is 236 g/mol. The Morgan fingerprint density at radius 1 is 1.35 bits per heavy atom. The highest BCUT2D eigenvalue weighted by Crippen LogP contribution is 2.17. The largest absolute Gasteiger partial charge is 0.462 e. The summed E-state index contributed by atoms with van der Waals surface area (Å²) in [6, 6.07) is 0. The highest BCUT2D eigenvalue weighted by atomic mass is 16.5. The maximum atomic E-state index is 11.9. The van der Waals surface area contributed by atoms with Crippen molar-refractivity contribution in [2.75, 3.05) is 6.61 Å². The maximum absolute atomic E-state index is 11.9. The molecule has 6 nitrogen and oxygen atoms in total. The van der Waals surface area contributed by atoms with Gasteiger partial charge in [0.2, 0.25) is 0 Å². The highest BCUT2D eigenvalue weighted by Gasteiger charge is 2.23. The van der Waals surface area contributed by atoms with E-state index in [0.717, 1.165) is 12.2 Å². The molecule has 0 saturated heterocycles. The second-order valence-electron chi connectivity index (χ2n) is 3.81. The third-order valence-electron chi connectivity index (χ3n) is 2.65. The summed E-state index contributed by atoms with van der Waals surface area (Å²) in [5, 5.41) is 8.66. The van der Waals surface area contributed by atoms with Crippen molar-refractivity contribution in [3.8, 4) is 0 Å². The lowest BCUT2D eigenvalue weighted by molar-refractivity contribution is 0.0527. The van der Waals surface area contributed by atoms with Crippen LogP contribution in [0, 0.1) is 6.92 Å². The molecule has 17 heavy (non-hydrogen) atoms. The Labute approximate surface area is 99.2 Å². The van der Waals surface area contributed by atoms with Gasteiger partial charge in [-0.15, -0.1) is 0 Å². The number of ether oxygens (including phenoxy) is 1. The standard InChI is InChI=1S/C11H16N4O2/c1-5-8-13-14(4)10-9(11(16)17-6-2)7(3)12-15(8)10/h5-6H2,1-4H3. The molecule has 0 saturated carbocycles. The molecule has 0 unspecified atom stereocenters. The molecule has 2 heterocycles. The summed E-state index contributed by atoms with van der Waals surface area (Å²) >= 11 is 0. The van der Waals surface area contributed by atoms with Crippen LogP contribution in [-0.2, 0) is 18.2 Å². The van der Waals surface area contributed by atoms with Crippen molar-refractivity contribution in [1.29, 1.82) is 0 Å². The first-order chi connectivity index (χ1) is 8.10. The minimum absolute atomic E-state index is 0.342. The second-order valence-corrected chi connectivity index (χ2v) is 3.81. The van der Waals surface area contributed by atoms with Crippen LogP contribution < -0.4 is 0 Å². The molecule has 0 aromatic carbocycles. The smallest absolute Gasteiger partial charge is 0.343 e. The summed E-state index contributed by atoms with van der Waals surface area (Å²) in [4.78, 5) is 11.9. The number of aryl methyl sites for hydroxylation is 3. The summed E-state index contributed by atoms with van der Waals surface area (Å²) in [6.45, 7) is 5.95. The Morgan fingerprint density at radius 2 is 2.06 bits per heavy atom. The molecule has 0 radical (unpaired) electrons. The lowest BCUT2D eigenvalue weighted by atomic mass is 10.2. The van der Waals surface area contributed by atoms with E-state index in [9.17, 15) is 4.79 Å². The topological polar surface area (TPSA) is 61.4 Å². The molecule has 2 aromatic heterocycles. The Balaban J connectivity index is 2.66. The van der Waals surface area contributed by atoms with E-state index in [1.807, 2.05) is 6.92 Å². The number of esters is 1. The van der Waals surface area contributed by atoms with Gasteiger partial charge < -0.3 is 4.74 Å². The average molecular weight is 236 g/mol. The zero-order valence-electron chi connectivity index (χ0n) is 10.5. The molecule has 0 bridgehead atoms. The summed E-state index contributed by atoms with van der Waals surface area (Å²) in [6.07, 6.45) is 0.765. The third-order valence-corrected chi connectivity index (χ3v) is 2.65. The van der Waals surface area contributed by atoms with Crippen molar-refractivity contribution in [3.05, 3.63) is 17.1 Å². The van der Waals surface area contributed by atoms with Crippen LogP contribution in [0.5, 0.6) is 0 Å². The van der Waals surface area contributed by atoms with E-state index < -0.39 is 0 Å². The number of hydrogen-bond acceptors (Lipinski definition) is 4. The van der Waals surface area contributed by atoms with Gasteiger partial charge in [-0.25, -0.2) is 9.48 Å². The summed E-state index contributed by atoms with van der Waals surface area (Å²) in [5.74, 6) is 0.492. The Kier molecular flexibility index (Phi) is 2.87. The number of aromatic nitrogens is 4. The molecule has 0 atom stereocenters. The molecule has 0 aliphatic heterocycles. The van der Waals surface area contributed by atoms with Crippen LogP contribution in [0.2, 0.25) is 0 Å². The molecule has 2 aromatic rings. The number of carbonyl (C=O) groups is 1. The molecule has 0 fully saturated rings. The number of carbonyl (C=O) groups excluding carboxylic acids is 1. The van der Waals surface area contributed by atoms with Crippen LogP contribution in [-0.4, -0.2) is 32.0 Å². The van der Waals surface area contributed by atoms with E-state index in [1.54, 1.807) is 30.1 Å². The predicted octanol–water partition coefficient (Wildman–Crippen LogP) is 1.12. The third kappa shape index (κ3) is 1.69. The lowest BCUT2D eigenvalue weighted by Gasteiger charge is -2.00. The zero-order valence-corrected chi connectivity index (χ0v) is 10.5. The van der Waals surface area contributed by atoms with Gasteiger partial charge in [-0.1, -0.05) is 6.92 Å². The molecule has 0 spiro atoms. The van der Waals surface area contributed by atoms with Gasteiger partial charge in [-0.2, -0.15) is 14.7 Å². The molecule has 2 rings (SSSR count). The molecule has 0 amide bonds. The van der Waals surface area contributed by atoms with Gasteiger partial charge in [0.15, 0.2) is 11.5 Å². The minimum atomic E-state index is -0.342. The molecular weight excluding hydrogens is 220 g/mol. The van der Waals surface area contributed by atoms with Crippen molar-refractivity contribution in [3.63, 3.8) is 0 Å². The molecular formula is C11H16N4O2. The van der Waals surface area contributed by atoms with Crippen molar-refractivity contribution >= 4 is 11.6 Å². The van der Waals surface area contributed by atoms with E-state index in [4.69, 9.17) is 4.74 Å². The average Bonchev–Trinajstić information content (AvgIpc) is 2.76. The molecule has 0 N–H and O–H groups in total. The molecule has 92 valence electrons. The van der Waals surface area contributed by atoms with E-state index in [1.165, 1.54) is 0 Å². The SMILES string of the molecule is CCOC(=O)c1c(C)nn2c(CC)nn(C)c12. The van der Waals surface area contributed by atoms with Gasteiger partial charge in [0.25, 0.3) is 0 Å². The number of rotatable bonds is 3. The van der Waals surface area contributed by atoms with E-state index in [-0.39, 0.29) is 5.97 Å². The van der Waals surface area contributed by atoms with Gasteiger partial charge in [0, 0.05) is 13.5 Å². The van der Waals surface area contributed by atoms with Crippen LogP contribution in [0.15, 0.2) is 0 Å². The zero-order chi connectivity index (χ0) is 12.6. The van der Waals surface area contributed by atoms with Gasteiger partial charge >= 0.3 is 5.97 Å². The lowest BCUT2D eigenvalue weighted by Crippen LogP contribution is -2.07. The van der Waals surface area contributed by atoms with Crippen molar-refractivity contribution < 1.29 is 9.53 Å². The van der Waals surface area contributed by atoms with Crippen LogP contribution >= 0.6 is 0 Å². The van der Waals surface area contributed by atoms with Gasteiger partial charge in [-0.05, 0) is 13.8 Å². The fourth-order valence-electron chi connectivity index (χ4n) is 1.92. The maximum Gasteiger partial charge on any atom is 0.343 e. The van der Waals surface area contributed by atoms with Crippen molar-refractivity contribution in [2.24, 2.45) is 7.05 Å². The summed E-state index contributed by atoms with van der Waals surface area (Å²) < 4.78 is 8.42. The Hall–Kier alpha value is -1.85. The van der Waals surface area contributed by atoms with Crippen molar-refractivity contribution in [2.45, 2.75) is 27.2 Å². The van der Waals surface area contributed by atoms with E-state index in [0.29, 0.717) is 23.5 Å². The predicted molar refractivity (Wildman–Crippen MR) is 62.0 cm³/mol. The van der Waals surface area contributed by atoms with E-state index in [2.05, 4.69) is 10.2 Å². The number of fused-ring (bicyclic) bond motifs is 1. The molecule has 0 aliphatic carbocycles.